The van der Waals surface area contributed by atoms with Crippen LogP contribution >= 0.6 is 11.3 Å². The summed E-state index contributed by atoms with van der Waals surface area (Å²) in [5.74, 6) is -0.250. The van der Waals surface area contributed by atoms with Gasteiger partial charge in [0.1, 0.15) is 11.5 Å². The van der Waals surface area contributed by atoms with Gasteiger partial charge in [0.15, 0.2) is 0 Å². The second-order valence-electron chi connectivity index (χ2n) is 3.83. The van der Waals surface area contributed by atoms with Crippen molar-refractivity contribution >= 4 is 21.4 Å². The highest BCUT2D eigenvalue weighted by Crippen LogP contribution is 2.33. The molecule has 2 aromatic heterocycles. The van der Waals surface area contributed by atoms with Crippen LogP contribution < -0.4 is 0 Å². The lowest BCUT2D eigenvalue weighted by atomic mass is 10.0. The Labute approximate surface area is 102 Å². The van der Waals surface area contributed by atoms with Gasteiger partial charge in [0.2, 0.25) is 0 Å². The highest BCUT2D eigenvalue weighted by atomic mass is 32.1. The number of hydrogen-bond acceptors (Lipinski definition) is 3. The van der Waals surface area contributed by atoms with Gasteiger partial charge in [0.25, 0.3) is 0 Å². The summed E-state index contributed by atoms with van der Waals surface area (Å²) in [5.41, 5.74) is 2.06. The lowest BCUT2D eigenvalue weighted by molar-refractivity contribution is 0.629. The Morgan fingerprint density at radius 3 is 2.94 bits per heavy atom. The average molecular weight is 244 g/mol. The molecule has 2 heterocycles. The van der Waals surface area contributed by atoms with E-state index in [1.54, 1.807) is 23.6 Å². The third-order valence-corrected chi connectivity index (χ3v) is 3.66. The zero-order chi connectivity index (χ0) is 11.8. The van der Waals surface area contributed by atoms with Gasteiger partial charge in [0.05, 0.1) is 10.9 Å². The van der Waals surface area contributed by atoms with Crippen molar-refractivity contribution in [3.63, 3.8) is 0 Å². The molecule has 84 valence electrons. The van der Waals surface area contributed by atoms with Crippen LogP contribution in [-0.2, 0) is 0 Å². The molecule has 2 nitrogen and oxygen atoms in total. The average Bonchev–Trinajstić information content (AvgIpc) is 2.77. The van der Waals surface area contributed by atoms with Crippen molar-refractivity contribution < 1.29 is 4.39 Å². The summed E-state index contributed by atoms with van der Waals surface area (Å²) in [7, 11) is 0. The molecule has 1 aromatic carbocycles. The van der Waals surface area contributed by atoms with Gasteiger partial charge in [-0.2, -0.15) is 5.10 Å². The fourth-order valence-corrected chi connectivity index (χ4v) is 2.76. The van der Waals surface area contributed by atoms with Gasteiger partial charge in [0, 0.05) is 10.9 Å². The molecule has 0 radical (unpaired) electrons. The number of thiophene rings is 1. The van der Waals surface area contributed by atoms with E-state index in [1.807, 2.05) is 24.4 Å². The standard InChI is InChI=1S/C13H9FN2S/c1-8-3-2-4-10(14)11(8)12-13-9(5-6-17-13)7-15-16-12/h2-7H,1H3. The molecule has 0 spiro atoms. The third-order valence-electron chi connectivity index (χ3n) is 2.72. The zero-order valence-corrected chi connectivity index (χ0v) is 9.96. The number of aromatic nitrogens is 2. The molecular formula is C13H9FN2S. The van der Waals surface area contributed by atoms with Crippen molar-refractivity contribution in [2.45, 2.75) is 6.92 Å². The predicted molar refractivity (Wildman–Crippen MR) is 67.5 cm³/mol. The second-order valence-corrected chi connectivity index (χ2v) is 4.75. The molecule has 0 fully saturated rings. The largest absolute Gasteiger partial charge is 0.206 e. The van der Waals surface area contributed by atoms with Gasteiger partial charge in [-0.1, -0.05) is 12.1 Å². The molecule has 0 atom stereocenters. The molecule has 0 aliphatic rings. The van der Waals surface area contributed by atoms with Crippen LogP contribution in [0.3, 0.4) is 0 Å². The molecule has 0 aliphatic heterocycles. The minimum Gasteiger partial charge on any atom is -0.206 e. The van der Waals surface area contributed by atoms with Gasteiger partial charge < -0.3 is 0 Å². The zero-order valence-electron chi connectivity index (χ0n) is 9.14. The highest BCUT2D eigenvalue weighted by Gasteiger charge is 2.14. The fourth-order valence-electron chi connectivity index (χ4n) is 1.90. The molecule has 3 rings (SSSR count). The minimum absolute atomic E-state index is 0.250. The number of nitrogens with zero attached hydrogens (tertiary/aromatic N) is 2. The van der Waals surface area contributed by atoms with E-state index in [0.29, 0.717) is 11.3 Å². The lowest BCUT2D eigenvalue weighted by Crippen LogP contribution is -1.93. The van der Waals surface area contributed by atoms with Crippen LogP contribution in [0.4, 0.5) is 4.39 Å². The highest BCUT2D eigenvalue weighted by molar-refractivity contribution is 7.17. The van der Waals surface area contributed by atoms with Crippen LogP contribution in [0.5, 0.6) is 0 Å². The van der Waals surface area contributed by atoms with Crippen LogP contribution in [0.2, 0.25) is 0 Å². The second kappa shape index (κ2) is 3.89. The Morgan fingerprint density at radius 1 is 1.24 bits per heavy atom. The Hall–Kier alpha value is -1.81. The molecule has 17 heavy (non-hydrogen) atoms. The summed E-state index contributed by atoms with van der Waals surface area (Å²) in [6.45, 7) is 1.88. The predicted octanol–water partition coefficient (Wildman–Crippen LogP) is 3.81. The van der Waals surface area contributed by atoms with Crippen LogP contribution in [0, 0.1) is 12.7 Å². The number of benzene rings is 1. The van der Waals surface area contributed by atoms with E-state index in [2.05, 4.69) is 10.2 Å². The molecule has 0 amide bonds. The van der Waals surface area contributed by atoms with Crippen molar-refractivity contribution in [1.29, 1.82) is 0 Å². The van der Waals surface area contributed by atoms with E-state index in [-0.39, 0.29) is 5.82 Å². The number of aryl methyl sites for hydroxylation is 1. The molecule has 0 bridgehead atoms. The Morgan fingerprint density at radius 2 is 2.12 bits per heavy atom. The smallest absolute Gasteiger partial charge is 0.132 e. The van der Waals surface area contributed by atoms with Crippen LogP contribution in [0.15, 0.2) is 35.8 Å². The number of halogens is 1. The Kier molecular flexibility index (Phi) is 2.37. The first-order valence-electron chi connectivity index (χ1n) is 5.22. The molecule has 0 saturated heterocycles. The van der Waals surface area contributed by atoms with Crippen LogP contribution in [-0.4, -0.2) is 10.2 Å². The van der Waals surface area contributed by atoms with Gasteiger partial charge in [-0.25, -0.2) is 4.39 Å². The molecule has 3 aromatic rings. The quantitative estimate of drug-likeness (QED) is 0.650. The summed E-state index contributed by atoms with van der Waals surface area (Å²) in [6, 6.07) is 7.01. The Balaban J connectivity index is 2.38. The monoisotopic (exact) mass is 244 g/mol. The number of rotatable bonds is 1. The van der Waals surface area contributed by atoms with E-state index in [0.717, 1.165) is 15.6 Å². The van der Waals surface area contributed by atoms with Crippen molar-refractivity contribution in [2.75, 3.05) is 0 Å². The molecule has 0 aliphatic carbocycles. The maximum Gasteiger partial charge on any atom is 0.132 e. The normalized spacial score (nSPS) is 10.9. The van der Waals surface area contributed by atoms with Gasteiger partial charge >= 0.3 is 0 Å². The summed E-state index contributed by atoms with van der Waals surface area (Å²) in [5, 5.41) is 11.0. The molecule has 4 heteroatoms. The van der Waals surface area contributed by atoms with Gasteiger partial charge in [-0.15, -0.1) is 16.4 Å². The number of fused-ring (bicyclic) bond motifs is 1. The third kappa shape index (κ3) is 1.61. The molecular weight excluding hydrogens is 235 g/mol. The van der Waals surface area contributed by atoms with Crippen molar-refractivity contribution in [3.8, 4) is 11.3 Å². The first-order valence-corrected chi connectivity index (χ1v) is 6.09. The first kappa shape index (κ1) is 10.4. The summed E-state index contributed by atoms with van der Waals surface area (Å²) < 4.78 is 14.9. The lowest BCUT2D eigenvalue weighted by Gasteiger charge is -2.06. The van der Waals surface area contributed by atoms with E-state index < -0.39 is 0 Å². The molecule has 0 N–H and O–H groups in total. The minimum atomic E-state index is -0.250. The molecule has 0 unspecified atom stereocenters. The topological polar surface area (TPSA) is 25.8 Å². The van der Waals surface area contributed by atoms with Gasteiger partial charge in [-0.05, 0) is 30.0 Å². The van der Waals surface area contributed by atoms with Crippen molar-refractivity contribution in [2.24, 2.45) is 0 Å². The maximum atomic E-state index is 13.9. The summed E-state index contributed by atoms with van der Waals surface area (Å²) >= 11 is 1.56. The summed E-state index contributed by atoms with van der Waals surface area (Å²) in [6.07, 6.45) is 1.70. The Bertz CT molecular complexity index is 670. The van der Waals surface area contributed by atoms with E-state index in [9.17, 15) is 4.39 Å². The van der Waals surface area contributed by atoms with Crippen molar-refractivity contribution in [1.82, 2.24) is 10.2 Å². The van der Waals surface area contributed by atoms with Crippen LogP contribution in [0.1, 0.15) is 5.56 Å². The van der Waals surface area contributed by atoms with E-state index in [4.69, 9.17) is 0 Å². The van der Waals surface area contributed by atoms with Gasteiger partial charge in [-0.3, -0.25) is 0 Å². The van der Waals surface area contributed by atoms with E-state index in [1.165, 1.54) is 6.07 Å². The summed E-state index contributed by atoms with van der Waals surface area (Å²) in [4.78, 5) is 0. The van der Waals surface area contributed by atoms with E-state index >= 15 is 0 Å². The van der Waals surface area contributed by atoms with Crippen LogP contribution in [0.25, 0.3) is 21.3 Å². The number of hydrogen-bond donors (Lipinski definition) is 0. The first-order chi connectivity index (χ1) is 8.27. The fraction of sp³-hybridized carbons (Fsp3) is 0.0769. The molecule has 0 saturated carbocycles. The van der Waals surface area contributed by atoms with Crippen molar-refractivity contribution in [3.05, 3.63) is 47.2 Å². The SMILES string of the molecule is Cc1cccc(F)c1-c1nncc2ccsc12. The maximum absolute atomic E-state index is 13.9.